The topological polar surface area (TPSA) is 67.6 Å². The van der Waals surface area contributed by atoms with E-state index in [4.69, 9.17) is 10.2 Å². The van der Waals surface area contributed by atoms with E-state index in [1.54, 1.807) is 6.20 Å². The van der Waals surface area contributed by atoms with Crippen molar-refractivity contribution in [3.63, 3.8) is 0 Å². The molecule has 1 aromatic carbocycles. The average molecular weight is 426 g/mol. The Hall–Kier alpha value is -1.57. The third kappa shape index (κ3) is 4.95. The summed E-state index contributed by atoms with van der Waals surface area (Å²) in [6.45, 7) is 2.38. The summed E-state index contributed by atoms with van der Waals surface area (Å²) < 4.78 is 5.74. The molecule has 1 saturated heterocycles. The van der Waals surface area contributed by atoms with Gasteiger partial charge in [-0.05, 0) is 12.8 Å². The number of nitrogens with zero attached hydrogens (tertiary/aromatic N) is 3. The van der Waals surface area contributed by atoms with Gasteiger partial charge in [0.15, 0.2) is 11.7 Å². The van der Waals surface area contributed by atoms with Gasteiger partial charge in [-0.3, -0.25) is 0 Å². The van der Waals surface area contributed by atoms with Crippen molar-refractivity contribution in [3.05, 3.63) is 42.4 Å². The quantitative estimate of drug-likeness (QED) is 0.462. The summed E-state index contributed by atoms with van der Waals surface area (Å²) in [4.78, 5) is 10.9. The van der Waals surface area contributed by atoms with Crippen molar-refractivity contribution < 1.29 is 4.42 Å². The number of guanidine groups is 1. The van der Waals surface area contributed by atoms with Crippen molar-refractivity contribution in [1.82, 2.24) is 9.88 Å². The minimum absolute atomic E-state index is 0. The first kappa shape index (κ1) is 17.8. The number of rotatable bonds is 3. The fourth-order valence-corrected chi connectivity index (χ4v) is 2.67. The third-order valence-electron chi connectivity index (χ3n) is 3.92. The summed E-state index contributed by atoms with van der Waals surface area (Å²) in [5, 5.41) is 0. The zero-order chi connectivity index (χ0) is 15.2. The molecule has 0 atom stereocenters. The molecule has 1 aliphatic rings. The van der Waals surface area contributed by atoms with Crippen molar-refractivity contribution in [1.29, 1.82) is 0 Å². The fourth-order valence-electron chi connectivity index (χ4n) is 2.67. The number of benzene rings is 1. The second-order valence-corrected chi connectivity index (χ2v) is 5.56. The van der Waals surface area contributed by atoms with Crippen LogP contribution in [0, 0.1) is 0 Å². The lowest BCUT2D eigenvalue weighted by Crippen LogP contribution is -2.38. The molecule has 23 heavy (non-hydrogen) atoms. The van der Waals surface area contributed by atoms with E-state index in [-0.39, 0.29) is 24.0 Å². The van der Waals surface area contributed by atoms with Gasteiger partial charge in [0.25, 0.3) is 0 Å². The molecule has 6 heteroatoms. The van der Waals surface area contributed by atoms with Crippen LogP contribution in [0.2, 0.25) is 0 Å². The van der Waals surface area contributed by atoms with Gasteiger partial charge in [-0.2, -0.15) is 0 Å². The highest BCUT2D eigenvalue weighted by molar-refractivity contribution is 14.0. The normalized spacial score (nSPS) is 15.8. The molecular weight excluding hydrogens is 403 g/mol. The molecule has 5 nitrogen and oxygen atoms in total. The number of oxazole rings is 1. The van der Waals surface area contributed by atoms with Crippen LogP contribution in [0.3, 0.4) is 0 Å². The molecule has 2 N–H and O–H groups in total. The zero-order valence-electron chi connectivity index (χ0n) is 13.1. The first-order valence-electron chi connectivity index (χ1n) is 7.88. The molecule has 0 bridgehead atoms. The van der Waals surface area contributed by atoms with Crippen LogP contribution in [0.4, 0.5) is 0 Å². The van der Waals surface area contributed by atoms with E-state index in [1.165, 1.54) is 25.7 Å². The predicted octanol–water partition coefficient (Wildman–Crippen LogP) is 3.65. The van der Waals surface area contributed by atoms with Gasteiger partial charge in [0.05, 0.1) is 6.20 Å². The molecule has 3 rings (SSSR count). The number of likely N-dealkylation sites (tertiary alicyclic amines) is 1. The molecule has 2 aromatic rings. The Balaban J connectivity index is 0.00000192. The Labute approximate surface area is 154 Å². The molecule has 0 aliphatic carbocycles. The number of nitrogens with two attached hydrogens (primary N) is 1. The summed E-state index contributed by atoms with van der Waals surface area (Å²) in [5.74, 6) is 1.96. The molecule has 0 radical (unpaired) electrons. The van der Waals surface area contributed by atoms with Gasteiger partial charge in [-0.15, -0.1) is 24.0 Å². The number of hydrogen-bond acceptors (Lipinski definition) is 3. The Morgan fingerprint density at radius 3 is 2.52 bits per heavy atom. The van der Waals surface area contributed by atoms with Crippen molar-refractivity contribution in [3.8, 4) is 11.3 Å². The van der Waals surface area contributed by atoms with Gasteiger partial charge in [0.1, 0.15) is 6.54 Å². The molecule has 1 aromatic heterocycles. The number of aliphatic imine (C=N–C) groups is 1. The number of aromatic nitrogens is 1. The van der Waals surface area contributed by atoms with Crippen LogP contribution in [0.15, 0.2) is 45.9 Å². The maximum absolute atomic E-state index is 6.09. The summed E-state index contributed by atoms with van der Waals surface area (Å²) in [6.07, 6.45) is 6.68. The largest absolute Gasteiger partial charge is 0.439 e. The molecule has 1 aliphatic heterocycles. The highest BCUT2D eigenvalue weighted by atomic mass is 127. The van der Waals surface area contributed by atoms with Crippen molar-refractivity contribution >= 4 is 29.9 Å². The SMILES string of the molecule is I.NC(=NCc1ncc(-c2ccccc2)o1)N1CCCCCC1. The monoisotopic (exact) mass is 426 g/mol. The van der Waals surface area contributed by atoms with Crippen LogP contribution in [0.5, 0.6) is 0 Å². The molecule has 0 unspecified atom stereocenters. The zero-order valence-corrected chi connectivity index (χ0v) is 15.5. The number of hydrogen-bond donors (Lipinski definition) is 1. The summed E-state index contributed by atoms with van der Waals surface area (Å²) in [7, 11) is 0. The van der Waals surface area contributed by atoms with Crippen LogP contribution in [-0.2, 0) is 6.54 Å². The minimum Gasteiger partial charge on any atom is -0.439 e. The lowest BCUT2D eigenvalue weighted by molar-refractivity contribution is 0.426. The van der Waals surface area contributed by atoms with Crippen molar-refractivity contribution in [2.45, 2.75) is 32.2 Å². The second kappa shape index (κ2) is 8.90. The van der Waals surface area contributed by atoms with E-state index >= 15 is 0 Å². The van der Waals surface area contributed by atoms with Crippen molar-refractivity contribution in [2.24, 2.45) is 10.7 Å². The Morgan fingerprint density at radius 2 is 1.83 bits per heavy atom. The van der Waals surface area contributed by atoms with Gasteiger partial charge in [-0.25, -0.2) is 9.98 Å². The van der Waals surface area contributed by atoms with Gasteiger partial charge in [-0.1, -0.05) is 43.2 Å². The minimum atomic E-state index is 0. The van der Waals surface area contributed by atoms with Crippen LogP contribution < -0.4 is 5.73 Å². The van der Waals surface area contributed by atoms with Gasteiger partial charge in [0, 0.05) is 18.7 Å². The maximum atomic E-state index is 6.09. The lowest BCUT2D eigenvalue weighted by Gasteiger charge is -2.20. The molecule has 1 fully saturated rings. The third-order valence-corrected chi connectivity index (χ3v) is 3.92. The highest BCUT2D eigenvalue weighted by Crippen LogP contribution is 2.20. The molecule has 124 valence electrons. The van der Waals surface area contributed by atoms with Gasteiger partial charge < -0.3 is 15.1 Å². The predicted molar refractivity (Wildman–Crippen MR) is 103 cm³/mol. The van der Waals surface area contributed by atoms with Crippen LogP contribution >= 0.6 is 24.0 Å². The van der Waals surface area contributed by atoms with Crippen LogP contribution in [0.25, 0.3) is 11.3 Å². The smallest absolute Gasteiger partial charge is 0.216 e. The van der Waals surface area contributed by atoms with Crippen LogP contribution in [-0.4, -0.2) is 28.9 Å². The Kier molecular flexibility index (Phi) is 6.88. The molecule has 2 heterocycles. The van der Waals surface area contributed by atoms with E-state index in [1.807, 2.05) is 30.3 Å². The molecule has 0 amide bonds. The average Bonchev–Trinajstić information content (AvgIpc) is 2.87. The fraction of sp³-hybridized carbons (Fsp3) is 0.412. The Bertz CT molecular complexity index is 619. The van der Waals surface area contributed by atoms with E-state index in [2.05, 4.69) is 14.9 Å². The van der Waals surface area contributed by atoms with Gasteiger partial charge >= 0.3 is 0 Å². The van der Waals surface area contributed by atoms with Crippen molar-refractivity contribution in [2.75, 3.05) is 13.1 Å². The van der Waals surface area contributed by atoms with E-state index in [0.717, 1.165) is 24.4 Å². The summed E-state index contributed by atoms with van der Waals surface area (Å²) >= 11 is 0. The maximum Gasteiger partial charge on any atom is 0.216 e. The molecular formula is C17H23IN4O. The second-order valence-electron chi connectivity index (χ2n) is 5.56. The lowest BCUT2D eigenvalue weighted by atomic mass is 10.2. The van der Waals surface area contributed by atoms with Gasteiger partial charge in [0.2, 0.25) is 5.89 Å². The Morgan fingerprint density at radius 1 is 1.13 bits per heavy atom. The number of halogens is 1. The van der Waals surface area contributed by atoms with E-state index in [9.17, 15) is 0 Å². The first-order chi connectivity index (χ1) is 10.8. The summed E-state index contributed by atoms with van der Waals surface area (Å²) in [6, 6.07) is 9.94. The van der Waals surface area contributed by atoms with E-state index < -0.39 is 0 Å². The molecule has 0 spiro atoms. The first-order valence-corrected chi connectivity index (χ1v) is 7.88. The molecule has 0 saturated carbocycles. The van der Waals surface area contributed by atoms with E-state index in [0.29, 0.717) is 18.4 Å². The van der Waals surface area contributed by atoms with Crippen LogP contribution in [0.1, 0.15) is 31.6 Å². The highest BCUT2D eigenvalue weighted by Gasteiger charge is 2.11. The standard InChI is InChI=1S/C17H22N4O.HI/c18-17(21-10-6-1-2-7-11-21)20-13-16-19-12-15(22-16)14-8-4-3-5-9-14;/h3-5,8-9,12H,1-2,6-7,10-11,13H2,(H2,18,20);1H. The summed E-state index contributed by atoms with van der Waals surface area (Å²) in [5.41, 5.74) is 7.11.